The highest BCUT2D eigenvalue weighted by atomic mass is 35.5. The molecule has 27 heavy (non-hydrogen) atoms. The number of imidazole rings is 1. The number of benzene rings is 1. The number of primary amides is 1. The Morgan fingerprint density at radius 3 is 2.93 bits per heavy atom. The van der Waals surface area contributed by atoms with Crippen molar-refractivity contribution in [2.24, 2.45) is 5.73 Å². The largest absolute Gasteiger partial charge is 0.465 e. The van der Waals surface area contributed by atoms with Crippen molar-refractivity contribution < 1.29 is 14.7 Å². The number of H-pyrrole nitrogens is 1. The zero-order valence-corrected chi connectivity index (χ0v) is 15.5. The van der Waals surface area contributed by atoms with Gasteiger partial charge >= 0.3 is 6.09 Å². The van der Waals surface area contributed by atoms with E-state index in [1.54, 1.807) is 6.07 Å². The van der Waals surface area contributed by atoms with Crippen molar-refractivity contribution >= 4 is 29.4 Å². The number of carbonyl (C=O) groups is 2. The van der Waals surface area contributed by atoms with E-state index in [0.29, 0.717) is 23.9 Å². The fraction of sp³-hybridized carbons (Fsp3) is 0.389. The normalized spacial score (nSPS) is 17.4. The van der Waals surface area contributed by atoms with Gasteiger partial charge in [0, 0.05) is 18.1 Å². The SMILES string of the molecule is NC(=O)c1[nH]cnc1NCc1ccc(Cl)cc1[C@H]1CCCCCN1C(=O)O. The van der Waals surface area contributed by atoms with Gasteiger partial charge in [-0.2, -0.15) is 0 Å². The quantitative estimate of drug-likeness (QED) is 0.622. The van der Waals surface area contributed by atoms with Gasteiger partial charge in [0.25, 0.3) is 5.91 Å². The minimum Gasteiger partial charge on any atom is -0.465 e. The molecule has 5 N–H and O–H groups in total. The van der Waals surface area contributed by atoms with E-state index in [4.69, 9.17) is 17.3 Å². The Morgan fingerprint density at radius 2 is 2.19 bits per heavy atom. The third-order valence-corrected chi connectivity index (χ3v) is 5.03. The summed E-state index contributed by atoms with van der Waals surface area (Å²) in [6.07, 6.45) is 4.02. The molecule has 0 saturated carbocycles. The molecule has 8 nitrogen and oxygen atoms in total. The Morgan fingerprint density at radius 1 is 1.37 bits per heavy atom. The number of rotatable bonds is 5. The Labute approximate surface area is 161 Å². The fourth-order valence-electron chi connectivity index (χ4n) is 3.49. The average Bonchev–Trinajstić information content (AvgIpc) is 2.96. The molecule has 0 spiro atoms. The predicted octanol–water partition coefficient (Wildman–Crippen LogP) is 3.37. The molecule has 3 rings (SSSR count). The summed E-state index contributed by atoms with van der Waals surface area (Å²) in [6.45, 7) is 0.867. The summed E-state index contributed by atoms with van der Waals surface area (Å²) in [6, 6.07) is 5.20. The summed E-state index contributed by atoms with van der Waals surface area (Å²) in [4.78, 5) is 31.5. The van der Waals surface area contributed by atoms with Crippen molar-refractivity contribution in [2.75, 3.05) is 11.9 Å². The van der Waals surface area contributed by atoms with Crippen LogP contribution in [-0.4, -0.2) is 38.5 Å². The molecule has 0 bridgehead atoms. The van der Waals surface area contributed by atoms with Gasteiger partial charge in [-0.15, -0.1) is 0 Å². The summed E-state index contributed by atoms with van der Waals surface area (Å²) in [5, 5.41) is 13.3. The molecule has 1 saturated heterocycles. The van der Waals surface area contributed by atoms with Gasteiger partial charge in [-0.05, 0) is 36.1 Å². The minimum absolute atomic E-state index is 0.201. The van der Waals surface area contributed by atoms with Crippen LogP contribution in [0.25, 0.3) is 0 Å². The lowest BCUT2D eigenvalue weighted by molar-refractivity contribution is 0.0996. The van der Waals surface area contributed by atoms with E-state index in [1.165, 1.54) is 11.2 Å². The topological polar surface area (TPSA) is 124 Å². The lowest BCUT2D eigenvalue weighted by Gasteiger charge is -2.29. The molecule has 2 heterocycles. The van der Waals surface area contributed by atoms with Crippen molar-refractivity contribution in [1.82, 2.24) is 14.9 Å². The number of amides is 2. The Kier molecular flexibility index (Phi) is 5.85. The molecule has 2 amide bonds. The van der Waals surface area contributed by atoms with E-state index in [1.807, 2.05) is 12.1 Å². The number of aromatic amines is 1. The number of aromatic nitrogens is 2. The number of carboxylic acid groups (broad SMARTS) is 1. The molecular formula is C18H22ClN5O3. The van der Waals surface area contributed by atoms with E-state index >= 15 is 0 Å². The molecule has 1 fully saturated rings. The lowest BCUT2D eigenvalue weighted by Crippen LogP contribution is -2.34. The molecule has 1 aliphatic rings. The molecule has 1 aromatic heterocycles. The summed E-state index contributed by atoms with van der Waals surface area (Å²) in [5.74, 6) is -0.244. The maximum absolute atomic E-state index is 11.8. The second kappa shape index (κ2) is 8.30. The first-order valence-corrected chi connectivity index (χ1v) is 9.20. The third-order valence-electron chi connectivity index (χ3n) is 4.80. The summed E-state index contributed by atoms with van der Waals surface area (Å²) >= 11 is 6.21. The molecule has 1 atom stereocenters. The first-order valence-electron chi connectivity index (χ1n) is 8.82. The third kappa shape index (κ3) is 4.33. The van der Waals surface area contributed by atoms with Gasteiger partial charge in [-0.3, -0.25) is 4.79 Å². The Balaban J connectivity index is 1.89. The molecule has 2 aromatic rings. The predicted molar refractivity (Wildman–Crippen MR) is 102 cm³/mol. The number of nitrogens with two attached hydrogens (primary N) is 1. The highest BCUT2D eigenvalue weighted by molar-refractivity contribution is 6.30. The van der Waals surface area contributed by atoms with Crippen LogP contribution in [0.3, 0.4) is 0 Å². The number of nitrogens with zero attached hydrogens (tertiary/aromatic N) is 2. The van der Waals surface area contributed by atoms with E-state index in [9.17, 15) is 14.7 Å². The molecular weight excluding hydrogens is 370 g/mol. The highest BCUT2D eigenvalue weighted by Gasteiger charge is 2.28. The molecule has 1 aromatic carbocycles. The monoisotopic (exact) mass is 391 g/mol. The first kappa shape index (κ1) is 19.0. The van der Waals surface area contributed by atoms with Crippen LogP contribution in [0, 0.1) is 0 Å². The zero-order valence-electron chi connectivity index (χ0n) is 14.7. The molecule has 0 radical (unpaired) electrons. The number of anilines is 1. The van der Waals surface area contributed by atoms with Crippen molar-refractivity contribution in [3.05, 3.63) is 46.4 Å². The van der Waals surface area contributed by atoms with Crippen LogP contribution in [0.2, 0.25) is 5.02 Å². The van der Waals surface area contributed by atoms with Gasteiger partial charge in [0.1, 0.15) is 5.69 Å². The van der Waals surface area contributed by atoms with Gasteiger partial charge in [0.2, 0.25) is 0 Å². The maximum Gasteiger partial charge on any atom is 0.407 e. The van der Waals surface area contributed by atoms with Gasteiger partial charge < -0.3 is 26.0 Å². The number of carbonyl (C=O) groups excluding carboxylic acids is 1. The van der Waals surface area contributed by atoms with Crippen LogP contribution in [0.5, 0.6) is 0 Å². The molecule has 0 aliphatic carbocycles. The van der Waals surface area contributed by atoms with Crippen LogP contribution < -0.4 is 11.1 Å². The number of nitrogens with one attached hydrogen (secondary N) is 2. The van der Waals surface area contributed by atoms with E-state index in [0.717, 1.165) is 36.8 Å². The summed E-state index contributed by atoms with van der Waals surface area (Å²) < 4.78 is 0. The van der Waals surface area contributed by atoms with Gasteiger partial charge in [0.15, 0.2) is 5.82 Å². The fourth-order valence-corrected chi connectivity index (χ4v) is 3.67. The molecule has 1 aliphatic heterocycles. The van der Waals surface area contributed by atoms with Crippen molar-refractivity contribution in [3.63, 3.8) is 0 Å². The summed E-state index contributed by atoms with van der Waals surface area (Å²) in [5.41, 5.74) is 7.29. The minimum atomic E-state index is -0.927. The number of halogens is 1. The zero-order chi connectivity index (χ0) is 19.4. The molecule has 9 heteroatoms. The van der Waals surface area contributed by atoms with Gasteiger partial charge in [-0.1, -0.05) is 30.5 Å². The van der Waals surface area contributed by atoms with Gasteiger partial charge in [0.05, 0.1) is 12.4 Å². The van der Waals surface area contributed by atoms with E-state index < -0.39 is 12.0 Å². The van der Waals surface area contributed by atoms with Crippen LogP contribution in [-0.2, 0) is 6.54 Å². The van der Waals surface area contributed by atoms with Crippen LogP contribution in [0.4, 0.5) is 10.6 Å². The van der Waals surface area contributed by atoms with Crippen LogP contribution in [0.15, 0.2) is 24.5 Å². The van der Waals surface area contributed by atoms with Crippen LogP contribution in [0.1, 0.15) is 53.3 Å². The van der Waals surface area contributed by atoms with Crippen molar-refractivity contribution in [2.45, 2.75) is 38.3 Å². The maximum atomic E-state index is 11.8. The van der Waals surface area contributed by atoms with Crippen molar-refractivity contribution in [3.8, 4) is 0 Å². The number of hydrogen-bond donors (Lipinski definition) is 4. The first-order chi connectivity index (χ1) is 13.0. The molecule has 144 valence electrons. The average molecular weight is 392 g/mol. The standard InChI is InChI=1S/C18H22ClN5O3/c19-12-6-5-11(9-21-17-15(16(20)25)22-10-23-17)13(8-12)14-4-2-1-3-7-24(14)18(26)27/h5-6,8,10,14,21H,1-4,7,9H2,(H2,20,25)(H,22,23)(H,26,27)/t14-/m1/s1. The van der Waals surface area contributed by atoms with E-state index in [-0.39, 0.29) is 11.7 Å². The lowest BCUT2D eigenvalue weighted by atomic mass is 9.95. The van der Waals surface area contributed by atoms with Gasteiger partial charge in [-0.25, -0.2) is 9.78 Å². The number of likely N-dealkylation sites (tertiary alicyclic amines) is 1. The Hall–Kier alpha value is -2.74. The summed E-state index contributed by atoms with van der Waals surface area (Å²) in [7, 11) is 0. The second-order valence-corrected chi connectivity index (χ2v) is 6.96. The van der Waals surface area contributed by atoms with E-state index in [2.05, 4.69) is 15.3 Å². The number of hydrogen-bond acceptors (Lipinski definition) is 4. The Bertz CT molecular complexity index is 838. The molecule has 0 unspecified atom stereocenters. The van der Waals surface area contributed by atoms with Crippen LogP contribution >= 0.6 is 11.6 Å². The smallest absolute Gasteiger partial charge is 0.407 e. The highest BCUT2D eigenvalue weighted by Crippen LogP contribution is 2.34. The van der Waals surface area contributed by atoms with Crippen molar-refractivity contribution in [1.29, 1.82) is 0 Å². The second-order valence-electron chi connectivity index (χ2n) is 6.53.